The molecular weight excluding hydrogens is 176 g/mol. The van der Waals surface area contributed by atoms with Crippen molar-refractivity contribution < 1.29 is 0 Å². The molecule has 1 aliphatic rings. The van der Waals surface area contributed by atoms with Crippen molar-refractivity contribution in [1.82, 2.24) is 14.5 Å². The Labute approximate surface area is 82.2 Å². The van der Waals surface area contributed by atoms with Crippen LogP contribution in [0.4, 0.5) is 5.82 Å². The Bertz CT molecular complexity index is 470. The van der Waals surface area contributed by atoms with Crippen molar-refractivity contribution in [1.29, 1.82) is 0 Å². The van der Waals surface area contributed by atoms with Gasteiger partial charge in [0.1, 0.15) is 17.8 Å². The molecule has 0 aliphatic carbocycles. The number of hydrogen-bond donors (Lipinski definition) is 0. The molecule has 4 nitrogen and oxygen atoms in total. The number of fused-ring (bicyclic) bond motifs is 1. The SMILES string of the molecule is Cn1ccc2c(N3CCC3)ncnc21. The first-order valence-corrected chi connectivity index (χ1v) is 4.87. The zero-order chi connectivity index (χ0) is 9.54. The number of aryl methyl sites for hydroxylation is 1. The van der Waals surface area contributed by atoms with Crippen molar-refractivity contribution in [3.05, 3.63) is 18.6 Å². The van der Waals surface area contributed by atoms with Crippen LogP contribution in [0.3, 0.4) is 0 Å². The van der Waals surface area contributed by atoms with Crippen molar-refractivity contribution in [3.63, 3.8) is 0 Å². The molecule has 0 aromatic carbocycles. The molecule has 1 fully saturated rings. The van der Waals surface area contributed by atoms with Crippen LogP contribution in [-0.2, 0) is 7.05 Å². The minimum Gasteiger partial charge on any atom is -0.356 e. The molecule has 2 aromatic heterocycles. The summed E-state index contributed by atoms with van der Waals surface area (Å²) in [5.74, 6) is 1.09. The summed E-state index contributed by atoms with van der Waals surface area (Å²) in [5, 5.41) is 1.16. The molecule has 0 spiro atoms. The summed E-state index contributed by atoms with van der Waals surface area (Å²) in [6, 6.07) is 2.09. The molecule has 3 heterocycles. The fourth-order valence-electron chi connectivity index (χ4n) is 1.84. The van der Waals surface area contributed by atoms with Gasteiger partial charge >= 0.3 is 0 Å². The smallest absolute Gasteiger partial charge is 0.145 e. The van der Waals surface area contributed by atoms with E-state index >= 15 is 0 Å². The van der Waals surface area contributed by atoms with Crippen LogP contribution in [-0.4, -0.2) is 27.6 Å². The van der Waals surface area contributed by atoms with Gasteiger partial charge in [-0.2, -0.15) is 0 Å². The van der Waals surface area contributed by atoms with E-state index in [1.54, 1.807) is 6.33 Å². The van der Waals surface area contributed by atoms with Gasteiger partial charge in [0.15, 0.2) is 0 Å². The zero-order valence-electron chi connectivity index (χ0n) is 8.14. The molecule has 4 heteroatoms. The third-order valence-electron chi connectivity index (χ3n) is 2.80. The molecule has 0 bridgehead atoms. The van der Waals surface area contributed by atoms with Gasteiger partial charge in [-0.3, -0.25) is 0 Å². The van der Waals surface area contributed by atoms with Gasteiger partial charge in [-0.15, -0.1) is 0 Å². The zero-order valence-corrected chi connectivity index (χ0v) is 8.14. The van der Waals surface area contributed by atoms with E-state index in [-0.39, 0.29) is 0 Å². The monoisotopic (exact) mass is 188 g/mol. The van der Waals surface area contributed by atoms with E-state index in [2.05, 4.69) is 20.9 Å². The summed E-state index contributed by atoms with van der Waals surface area (Å²) in [4.78, 5) is 10.9. The van der Waals surface area contributed by atoms with Crippen molar-refractivity contribution in [2.45, 2.75) is 6.42 Å². The Balaban J connectivity index is 2.22. The molecule has 0 unspecified atom stereocenters. The van der Waals surface area contributed by atoms with Gasteiger partial charge in [-0.05, 0) is 12.5 Å². The van der Waals surface area contributed by atoms with Crippen LogP contribution in [0.25, 0.3) is 11.0 Å². The van der Waals surface area contributed by atoms with Crippen LogP contribution in [0.2, 0.25) is 0 Å². The Kier molecular flexibility index (Phi) is 1.50. The average molecular weight is 188 g/mol. The third kappa shape index (κ3) is 0.937. The van der Waals surface area contributed by atoms with E-state index in [0.717, 1.165) is 29.9 Å². The maximum Gasteiger partial charge on any atom is 0.145 e. The van der Waals surface area contributed by atoms with Crippen LogP contribution in [0.5, 0.6) is 0 Å². The number of hydrogen-bond acceptors (Lipinski definition) is 3. The second-order valence-electron chi connectivity index (χ2n) is 3.70. The van der Waals surface area contributed by atoms with E-state index in [9.17, 15) is 0 Å². The minimum atomic E-state index is 1.02. The van der Waals surface area contributed by atoms with Crippen LogP contribution in [0.15, 0.2) is 18.6 Å². The highest BCUT2D eigenvalue weighted by Crippen LogP contribution is 2.26. The highest BCUT2D eigenvalue weighted by Gasteiger charge is 2.18. The molecule has 0 radical (unpaired) electrons. The standard InChI is InChI=1S/C10H12N4/c1-13-6-3-8-9(13)11-7-12-10(8)14-4-2-5-14/h3,6-7H,2,4-5H2,1H3. The normalized spacial score (nSPS) is 15.9. The molecule has 1 aliphatic heterocycles. The van der Waals surface area contributed by atoms with Gasteiger partial charge in [0.2, 0.25) is 0 Å². The summed E-state index contributed by atoms with van der Waals surface area (Å²) < 4.78 is 2.03. The summed E-state index contributed by atoms with van der Waals surface area (Å²) in [6.45, 7) is 2.25. The van der Waals surface area contributed by atoms with Crippen LogP contribution in [0, 0.1) is 0 Å². The first-order chi connectivity index (χ1) is 6.86. The molecule has 0 atom stereocenters. The van der Waals surface area contributed by atoms with Gasteiger partial charge in [0.05, 0.1) is 5.39 Å². The van der Waals surface area contributed by atoms with Crippen LogP contribution >= 0.6 is 0 Å². The summed E-state index contributed by atoms with van der Waals surface area (Å²) in [6.07, 6.45) is 4.96. The largest absolute Gasteiger partial charge is 0.356 e. The molecular formula is C10H12N4. The van der Waals surface area contributed by atoms with E-state index in [1.165, 1.54) is 6.42 Å². The molecule has 3 rings (SSSR count). The lowest BCUT2D eigenvalue weighted by Gasteiger charge is -2.32. The highest BCUT2D eigenvalue weighted by molar-refractivity contribution is 5.88. The molecule has 0 saturated carbocycles. The molecule has 2 aromatic rings. The first-order valence-electron chi connectivity index (χ1n) is 4.87. The lowest BCUT2D eigenvalue weighted by molar-refractivity contribution is 0.611. The first kappa shape index (κ1) is 7.79. The topological polar surface area (TPSA) is 34.0 Å². The number of anilines is 1. The fourth-order valence-corrected chi connectivity index (χ4v) is 1.84. The second-order valence-corrected chi connectivity index (χ2v) is 3.70. The van der Waals surface area contributed by atoms with E-state index in [0.29, 0.717) is 0 Å². The minimum absolute atomic E-state index is 1.02. The molecule has 14 heavy (non-hydrogen) atoms. The van der Waals surface area contributed by atoms with Crippen LogP contribution < -0.4 is 4.90 Å². The quantitative estimate of drug-likeness (QED) is 0.674. The molecule has 72 valence electrons. The van der Waals surface area contributed by atoms with Gasteiger partial charge in [0.25, 0.3) is 0 Å². The van der Waals surface area contributed by atoms with E-state index in [1.807, 2.05) is 17.8 Å². The van der Waals surface area contributed by atoms with Gasteiger partial charge in [-0.1, -0.05) is 0 Å². The Morgan fingerprint density at radius 1 is 1.29 bits per heavy atom. The lowest BCUT2D eigenvalue weighted by Crippen LogP contribution is -2.37. The second kappa shape index (κ2) is 2.70. The fraction of sp³-hybridized carbons (Fsp3) is 0.400. The van der Waals surface area contributed by atoms with Crippen LogP contribution in [0.1, 0.15) is 6.42 Å². The number of nitrogens with zero attached hydrogens (tertiary/aromatic N) is 4. The van der Waals surface area contributed by atoms with Crippen molar-refractivity contribution in [3.8, 4) is 0 Å². The maximum absolute atomic E-state index is 4.34. The van der Waals surface area contributed by atoms with E-state index in [4.69, 9.17) is 0 Å². The molecule has 0 N–H and O–H groups in total. The number of rotatable bonds is 1. The van der Waals surface area contributed by atoms with Gasteiger partial charge in [-0.25, -0.2) is 9.97 Å². The predicted octanol–water partition coefficient (Wildman–Crippen LogP) is 1.18. The van der Waals surface area contributed by atoms with Crippen molar-refractivity contribution in [2.24, 2.45) is 7.05 Å². The Hall–Kier alpha value is -1.58. The Morgan fingerprint density at radius 3 is 2.86 bits per heavy atom. The highest BCUT2D eigenvalue weighted by atomic mass is 15.2. The third-order valence-corrected chi connectivity index (χ3v) is 2.80. The average Bonchev–Trinajstić information content (AvgIpc) is 2.47. The van der Waals surface area contributed by atoms with Crippen molar-refractivity contribution in [2.75, 3.05) is 18.0 Å². The van der Waals surface area contributed by atoms with Gasteiger partial charge in [0, 0.05) is 26.3 Å². The van der Waals surface area contributed by atoms with Gasteiger partial charge < -0.3 is 9.47 Å². The number of aromatic nitrogens is 3. The lowest BCUT2D eigenvalue weighted by atomic mass is 10.2. The maximum atomic E-state index is 4.34. The van der Waals surface area contributed by atoms with E-state index < -0.39 is 0 Å². The summed E-state index contributed by atoms with van der Waals surface area (Å²) >= 11 is 0. The molecule has 1 saturated heterocycles. The Morgan fingerprint density at radius 2 is 2.14 bits per heavy atom. The summed E-state index contributed by atoms with van der Waals surface area (Å²) in [7, 11) is 2.01. The van der Waals surface area contributed by atoms with Crippen molar-refractivity contribution >= 4 is 16.9 Å². The predicted molar refractivity (Wildman–Crippen MR) is 55.3 cm³/mol. The summed E-state index contributed by atoms with van der Waals surface area (Å²) in [5.41, 5.74) is 1.02. The molecule has 0 amide bonds.